The second-order valence-corrected chi connectivity index (χ2v) is 4.90. The van der Waals surface area contributed by atoms with Crippen molar-refractivity contribution in [3.8, 4) is 0 Å². The first-order valence-corrected chi connectivity index (χ1v) is 6.55. The summed E-state index contributed by atoms with van der Waals surface area (Å²) in [5.74, 6) is 1.38. The fraction of sp³-hybridized carbons (Fsp3) is 0.923. The first-order valence-electron chi connectivity index (χ1n) is 6.55. The molecule has 3 heteroatoms. The number of ether oxygens (including phenoxy) is 1. The average Bonchev–Trinajstić information content (AvgIpc) is 2.28. The van der Waals surface area contributed by atoms with Gasteiger partial charge in [0.15, 0.2) is 0 Å². The molecule has 0 aromatic rings. The van der Waals surface area contributed by atoms with Gasteiger partial charge < -0.3 is 10.1 Å². The number of rotatable bonds is 5. The molecule has 0 heterocycles. The SMILES string of the molecule is CCOC(=O)C(C)NCC1CCCCC1C. The smallest absolute Gasteiger partial charge is 0.322 e. The van der Waals surface area contributed by atoms with Crippen molar-refractivity contribution in [2.75, 3.05) is 13.2 Å². The van der Waals surface area contributed by atoms with Crippen molar-refractivity contribution in [1.82, 2.24) is 5.32 Å². The largest absolute Gasteiger partial charge is 0.465 e. The summed E-state index contributed by atoms with van der Waals surface area (Å²) in [4.78, 5) is 11.4. The molecule has 0 radical (unpaired) electrons. The predicted octanol–water partition coefficient (Wildman–Crippen LogP) is 2.35. The van der Waals surface area contributed by atoms with E-state index >= 15 is 0 Å². The van der Waals surface area contributed by atoms with E-state index in [0.717, 1.165) is 18.4 Å². The van der Waals surface area contributed by atoms with Crippen LogP contribution < -0.4 is 5.32 Å². The van der Waals surface area contributed by atoms with E-state index in [1.807, 2.05) is 13.8 Å². The van der Waals surface area contributed by atoms with E-state index in [9.17, 15) is 4.79 Å². The Bertz CT molecular complexity index is 218. The molecule has 94 valence electrons. The van der Waals surface area contributed by atoms with E-state index in [-0.39, 0.29) is 12.0 Å². The zero-order valence-electron chi connectivity index (χ0n) is 10.8. The molecule has 0 amide bonds. The molecule has 1 aliphatic carbocycles. The zero-order valence-corrected chi connectivity index (χ0v) is 10.8. The van der Waals surface area contributed by atoms with E-state index in [4.69, 9.17) is 4.74 Å². The third kappa shape index (κ3) is 4.12. The van der Waals surface area contributed by atoms with Crippen LogP contribution in [0.5, 0.6) is 0 Å². The Morgan fingerprint density at radius 1 is 1.44 bits per heavy atom. The van der Waals surface area contributed by atoms with Gasteiger partial charge in [0.25, 0.3) is 0 Å². The molecule has 16 heavy (non-hydrogen) atoms. The van der Waals surface area contributed by atoms with Gasteiger partial charge in [0, 0.05) is 0 Å². The van der Waals surface area contributed by atoms with Crippen LogP contribution in [0.3, 0.4) is 0 Å². The summed E-state index contributed by atoms with van der Waals surface area (Å²) in [6.07, 6.45) is 5.33. The second kappa shape index (κ2) is 6.89. The molecule has 1 rings (SSSR count). The highest BCUT2D eigenvalue weighted by molar-refractivity contribution is 5.75. The molecule has 1 fully saturated rings. The van der Waals surface area contributed by atoms with E-state index in [0.29, 0.717) is 6.61 Å². The molecule has 0 aromatic heterocycles. The molecule has 0 aromatic carbocycles. The minimum absolute atomic E-state index is 0.133. The van der Waals surface area contributed by atoms with Gasteiger partial charge in [0.2, 0.25) is 0 Å². The van der Waals surface area contributed by atoms with Crippen molar-refractivity contribution in [2.45, 2.75) is 52.5 Å². The fourth-order valence-electron chi connectivity index (χ4n) is 2.38. The molecule has 0 spiro atoms. The maximum Gasteiger partial charge on any atom is 0.322 e. The summed E-state index contributed by atoms with van der Waals surface area (Å²) in [5, 5.41) is 3.29. The van der Waals surface area contributed by atoms with Gasteiger partial charge in [0.05, 0.1) is 6.61 Å². The van der Waals surface area contributed by atoms with E-state index < -0.39 is 0 Å². The summed E-state index contributed by atoms with van der Waals surface area (Å²) in [6, 6.07) is -0.172. The summed E-state index contributed by atoms with van der Waals surface area (Å²) < 4.78 is 4.97. The summed E-state index contributed by atoms with van der Waals surface area (Å²) in [6.45, 7) is 7.45. The molecule has 1 saturated carbocycles. The van der Waals surface area contributed by atoms with E-state index in [1.165, 1.54) is 25.7 Å². The molecule has 1 aliphatic rings. The molecule has 1 N–H and O–H groups in total. The summed E-state index contributed by atoms with van der Waals surface area (Å²) in [7, 11) is 0. The Morgan fingerprint density at radius 2 is 2.12 bits per heavy atom. The van der Waals surface area contributed by atoms with Gasteiger partial charge in [-0.1, -0.05) is 26.2 Å². The lowest BCUT2D eigenvalue weighted by Crippen LogP contribution is -2.40. The highest BCUT2D eigenvalue weighted by Gasteiger charge is 2.22. The van der Waals surface area contributed by atoms with Crippen molar-refractivity contribution in [3.63, 3.8) is 0 Å². The van der Waals surface area contributed by atoms with Gasteiger partial charge in [-0.25, -0.2) is 0 Å². The van der Waals surface area contributed by atoms with Crippen molar-refractivity contribution >= 4 is 5.97 Å². The van der Waals surface area contributed by atoms with Crippen LogP contribution in [0.4, 0.5) is 0 Å². The lowest BCUT2D eigenvalue weighted by atomic mass is 9.80. The number of hydrogen-bond donors (Lipinski definition) is 1. The minimum atomic E-state index is -0.172. The Hall–Kier alpha value is -0.570. The van der Waals surface area contributed by atoms with Crippen molar-refractivity contribution in [3.05, 3.63) is 0 Å². The Labute approximate surface area is 98.9 Å². The third-order valence-corrected chi connectivity index (χ3v) is 3.62. The van der Waals surface area contributed by atoms with Gasteiger partial charge in [-0.3, -0.25) is 4.79 Å². The molecule has 0 aliphatic heterocycles. The van der Waals surface area contributed by atoms with E-state index in [1.54, 1.807) is 0 Å². The van der Waals surface area contributed by atoms with Crippen molar-refractivity contribution in [2.24, 2.45) is 11.8 Å². The number of nitrogens with one attached hydrogen (secondary N) is 1. The second-order valence-electron chi connectivity index (χ2n) is 4.90. The first-order chi connectivity index (χ1) is 7.65. The first kappa shape index (κ1) is 13.5. The van der Waals surface area contributed by atoms with Crippen LogP contribution in [0.15, 0.2) is 0 Å². The Kier molecular flexibility index (Phi) is 5.81. The minimum Gasteiger partial charge on any atom is -0.465 e. The zero-order chi connectivity index (χ0) is 12.0. The van der Waals surface area contributed by atoms with Crippen LogP contribution in [-0.2, 0) is 9.53 Å². The van der Waals surface area contributed by atoms with Crippen molar-refractivity contribution < 1.29 is 9.53 Å². The van der Waals surface area contributed by atoms with Gasteiger partial charge in [-0.05, 0) is 38.6 Å². The topological polar surface area (TPSA) is 38.3 Å². The summed E-state index contributed by atoms with van der Waals surface area (Å²) in [5.41, 5.74) is 0. The molecular formula is C13H25NO2. The van der Waals surface area contributed by atoms with Crippen LogP contribution in [0.1, 0.15) is 46.5 Å². The van der Waals surface area contributed by atoms with Gasteiger partial charge in [0.1, 0.15) is 6.04 Å². The van der Waals surface area contributed by atoms with Gasteiger partial charge in [-0.2, -0.15) is 0 Å². The normalized spacial score (nSPS) is 27.4. The highest BCUT2D eigenvalue weighted by atomic mass is 16.5. The fourth-order valence-corrected chi connectivity index (χ4v) is 2.38. The lowest BCUT2D eigenvalue weighted by molar-refractivity contribution is -0.145. The summed E-state index contributed by atoms with van der Waals surface area (Å²) >= 11 is 0. The van der Waals surface area contributed by atoms with Crippen LogP contribution in [0.2, 0.25) is 0 Å². The molecular weight excluding hydrogens is 202 g/mol. The van der Waals surface area contributed by atoms with Gasteiger partial charge >= 0.3 is 5.97 Å². The Balaban J connectivity index is 2.24. The van der Waals surface area contributed by atoms with Gasteiger partial charge in [-0.15, -0.1) is 0 Å². The van der Waals surface area contributed by atoms with Crippen LogP contribution in [0, 0.1) is 11.8 Å². The molecule has 0 saturated heterocycles. The number of hydrogen-bond acceptors (Lipinski definition) is 3. The van der Waals surface area contributed by atoms with Crippen molar-refractivity contribution in [1.29, 1.82) is 0 Å². The Morgan fingerprint density at radius 3 is 2.75 bits per heavy atom. The molecule has 3 nitrogen and oxygen atoms in total. The monoisotopic (exact) mass is 227 g/mol. The lowest BCUT2D eigenvalue weighted by Gasteiger charge is -2.29. The predicted molar refractivity (Wildman–Crippen MR) is 65.2 cm³/mol. The number of carbonyl (C=O) groups excluding carboxylic acids is 1. The third-order valence-electron chi connectivity index (χ3n) is 3.62. The standard InChI is InChI=1S/C13H25NO2/c1-4-16-13(15)11(3)14-9-12-8-6-5-7-10(12)2/h10-12,14H,4-9H2,1-3H3. The number of esters is 1. The van der Waals surface area contributed by atoms with E-state index in [2.05, 4.69) is 12.2 Å². The number of carbonyl (C=O) groups is 1. The quantitative estimate of drug-likeness (QED) is 0.733. The molecule has 3 atom stereocenters. The molecule has 0 bridgehead atoms. The van der Waals surface area contributed by atoms with Crippen LogP contribution in [0.25, 0.3) is 0 Å². The van der Waals surface area contributed by atoms with Crippen LogP contribution >= 0.6 is 0 Å². The average molecular weight is 227 g/mol. The highest BCUT2D eigenvalue weighted by Crippen LogP contribution is 2.28. The van der Waals surface area contributed by atoms with Crippen LogP contribution in [-0.4, -0.2) is 25.2 Å². The molecule has 3 unspecified atom stereocenters. The maximum atomic E-state index is 11.4. The maximum absolute atomic E-state index is 11.4.